The van der Waals surface area contributed by atoms with Crippen LogP contribution in [0, 0.1) is 5.92 Å². The summed E-state index contributed by atoms with van der Waals surface area (Å²) < 4.78 is 0.994. The molecule has 3 saturated heterocycles. The lowest BCUT2D eigenvalue weighted by atomic mass is 9.90. The summed E-state index contributed by atoms with van der Waals surface area (Å²) in [5.41, 5.74) is 1.61. The molecule has 0 aliphatic carbocycles. The number of carbonyl (C=O) groups is 2. The van der Waals surface area contributed by atoms with E-state index in [4.69, 9.17) is 11.6 Å². The van der Waals surface area contributed by atoms with Gasteiger partial charge in [0.25, 0.3) is 5.91 Å². The Morgan fingerprint density at radius 2 is 1.63 bits per heavy atom. The van der Waals surface area contributed by atoms with Gasteiger partial charge < -0.3 is 0 Å². The standard InChI is InChI=1S/C20H17BrClN3O2/c21-13-7-5-12(6-8-13)17-16-18(24-10-2-9-23(17)24)20(27)25(19(16)26)15-4-1-3-14(22)11-15/h1,3-8,11,16-18H,2,9-10H2. The molecule has 2 aromatic rings. The largest absolute Gasteiger partial charge is 0.274 e. The highest BCUT2D eigenvalue weighted by Gasteiger charge is 2.62. The Bertz CT molecular complexity index is 935. The highest BCUT2D eigenvalue weighted by Crippen LogP contribution is 2.49. The number of hydrazine groups is 1. The maximum atomic E-state index is 13.4. The Balaban J connectivity index is 1.59. The number of amides is 2. The van der Waals surface area contributed by atoms with Crippen LogP contribution in [0.25, 0.3) is 0 Å². The van der Waals surface area contributed by atoms with Crippen LogP contribution in [0.5, 0.6) is 0 Å². The normalized spacial score (nSPS) is 28.1. The van der Waals surface area contributed by atoms with E-state index >= 15 is 0 Å². The zero-order valence-electron chi connectivity index (χ0n) is 14.4. The second-order valence-electron chi connectivity index (χ2n) is 7.14. The van der Waals surface area contributed by atoms with Crippen molar-refractivity contribution in [3.8, 4) is 0 Å². The summed E-state index contributed by atoms with van der Waals surface area (Å²) in [6, 6.07) is 14.4. The fraction of sp³-hybridized carbons (Fsp3) is 0.300. The molecule has 3 heterocycles. The molecule has 0 bridgehead atoms. The van der Waals surface area contributed by atoms with Gasteiger partial charge in [-0.3, -0.25) is 9.59 Å². The number of fused-ring (bicyclic) bond motifs is 3. The second-order valence-corrected chi connectivity index (χ2v) is 8.49. The number of benzene rings is 2. The van der Waals surface area contributed by atoms with Gasteiger partial charge >= 0.3 is 0 Å². The number of carbonyl (C=O) groups excluding carboxylic acids is 2. The molecule has 3 unspecified atom stereocenters. The molecule has 138 valence electrons. The third kappa shape index (κ3) is 2.58. The number of halogens is 2. The fourth-order valence-electron chi connectivity index (χ4n) is 4.64. The minimum Gasteiger partial charge on any atom is -0.274 e. The van der Waals surface area contributed by atoms with E-state index < -0.39 is 12.0 Å². The van der Waals surface area contributed by atoms with Crippen LogP contribution in [0.4, 0.5) is 5.69 Å². The lowest BCUT2D eigenvalue weighted by molar-refractivity contribution is -0.126. The summed E-state index contributed by atoms with van der Waals surface area (Å²) in [5.74, 6) is -0.702. The van der Waals surface area contributed by atoms with E-state index in [9.17, 15) is 9.59 Å². The minimum absolute atomic E-state index is 0.119. The number of rotatable bonds is 2. The van der Waals surface area contributed by atoms with Gasteiger partial charge in [-0.15, -0.1) is 0 Å². The molecule has 2 aromatic carbocycles. The van der Waals surface area contributed by atoms with Crippen LogP contribution in [0.3, 0.4) is 0 Å². The molecule has 5 rings (SSSR count). The minimum atomic E-state index is -0.437. The summed E-state index contributed by atoms with van der Waals surface area (Å²) in [4.78, 5) is 28.0. The molecule has 3 aliphatic heterocycles. The van der Waals surface area contributed by atoms with Crippen LogP contribution >= 0.6 is 27.5 Å². The van der Waals surface area contributed by atoms with Crippen molar-refractivity contribution in [1.29, 1.82) is 0 Å². The number of hydrogen-bond donors (Lipinski definition) is 0. The Kier molecular flexibility index (Phi) is 4.13. The van der Waals surface area contributed by atoms with Crippen LogP contribution in [0.2, 0.25) is 5.02 Å². The van der Waals surface area contributed by atoms with E-state index in [0.717, 1.165) is 29.5 Å². The average molecular weight is 447 g/mol. The molecule has 3 aliphatic rings. The molecule has 2 amide bonds. The Morgan fingerprint density at radius 1 is 0.926 bits per heavy atom. The topological polar surface area (TPSA) is 43.9 Å². The smallest absolute Gasteiger partial charge is 0.253 e. The molecule has 0 aromatic heterocycles. The first-order valence-corrected chi connectivity index (χ1v) is 10.2. The first-order valence-electron chi connectivity index (χ1n) is 8.98. The number of hydrogen-bond acceptors (Lipinski definition) is 4. The van der Waals surface area contributed by atoms with E-state index in [2.05, 4.69) is 25.9 Å². The van der Waals surface area contributed by atoms with Gasteiger partial charge in [0.1, 0.15) is 6.04 Å². The lowest BCUT2D eigenvalue weighted by Gasteiger charge is -2.29. The quantitative estimate of drug-likeness (QED) is 0.661. The van der Waals surface area contributed by atoms with Crippen molar-refractivity contribution in [2.45, 2.75) is 18.5 Å². The van der Waals surface area contributed by atoms with E-state index in [1.807, 2.05) is 24.3 Å². The van der Waals surface area contributed by atoms with Gasteiger partial charge in [-0.05, 0) is 42.3 Å². The molecule has 3 fully saturated rings. The predicted molar refractivity (Wildman–Crippen MR) is 106 cm³/mol. The third-order valence-electron chi connectivity index (χ3n) is 5.68. The fourth-order valence-corrected chi connectivity index (χ4v) is 5.09. The van der Waals surface area contributed by atoms with Crippen LogP contribution in [-0.2, 0) is 9.59 Å². The van der Waals surface area contributed by atoms with Crippen LogP contribution in [-0.4, -0.2) is 41.0 Å². The SMILES string of the molecule is O=C1C2C(C(=O)N1c1cccc(Cl)c1)N1CCCN1C2c1ccc(Br)cc1. The third-order valence-corrected chi connectivity index (χ3v) is 6.45. The zero-order chi connectivity index (χ0) is 18.7. The summed E-state index contributed by atoms with van der Waals surface area (Å²) >= 11 is 9.56. The second kappa shape index (κ2) is 6.41. The maximum Gasteiger partial charge on any atom is 0.253 e. The van der Waals surface area contributed by atoms with E-state index in [-0.39, 0.29) is 17.9 Å². The van der Waals surface area contributed by atoms with Gasteiger partial charge in [0.15, 0.2) is 0 Å². The first kappa shape index (κ1) is 17.4. The molecule has 0 radical (unpaired) electrons. The summed E-state index contributed by atoms with van der Waals surface area (Å²) in [5, 5.41) is 4.82. The van der Waals surface area contributed by atoms with Gasteiger partial charge in [0.2, 0.25) is 5.91 Å². The molecule has 7 heteroatoms. The van der Waals surface area contributed by atoms with Crippen LogP contribution < -0.4 is 4.90 Å². The molecule has 5 nitrogen and oxygen atoms in total. The van der Waals surface area contributed by atoms with Gasteiger partial charge in [-0.25, -0.2) is 14.9 Å². The van der Waals surface area contributed by atoms with Gasteiger partial charge in [0, 0.05) is 22.6 Å². The van der Waals surface area contributed by atoms with Crippen LogP contribution in [0.15, 0.2) is 53.0 Å². The maximum absolute atomic E-state index is 13.4. The van der Waals surface area contributed by atoms with Gasteiger partial charge in [-0.2, -0.15) is 0 Å². The average Bonchev–Trinajstić information content (AvgIpc) is 3.28. The Morgan fingerprint density at radius 3 is 2.33 bits per heavy atom. The van der Waals surface area contributed by atoms with Crippen molar-refractivity contribution in [3.05, 3.63) is 63.6 Å². The molecule has 0 saturated carbocycles. The molecular formula is C20H17BrClN3O2. The van der Waals surface area contributed by atoms with E-state index in [1.165, 1.54) is 4.90 Å². The van der Waals surface area contributed by atoms with Crippen molar-refractivity contribution in [2.75, 3.05) is 18.0 Å². The van der Waals surface area contributed by atoms with Crippen molar-refractivity contribution >= 4 is 45.0 Å². The highest BCUT2D eigenvalue weighted by molar-refractivity contribution is 9.10. The zero-order valence-corrected chi connectivity index (χ0v) is 16.7. The van der Waals surface area contributed by atoms with E-state index in [0.29, 0.717) is 10.7 Å². The highest BCUT2D eigenvalue weighted by atomic mass is 79.9. The Hall–Kier alpha value is -1.73. The van der Waals surface area contributed by atoms with Crippen molar-refractivity contribution in [1.82, 2.24) is 10.0 Å². The number of imide groups is 1. The Labute approximate surface area is 170 Å². The van der Waals surface area contributed by atoms with Gasteiger partial charge in [-0.1, -0.05) is 45.7 Å². The van der Waals surface area contributed by atoms with Crippen molar-refractivity contribution in [3.63, 3.8) is 0 Å². The predicted octanol–water partition coefficient (Wildman–Crippen LogP) is 3.64. The molecule has 27 heavy (non-hydrogen) atoms. The van der Waals surface area contributed by atoms with E-state index in [1.54, 1.807) is 24.3 Å². The monoisotopic (exact) mass is 445 g/mol. The van der Waals surface area contributed by atoms with Gasteiger partial charge in [0.05, 0.1) is 17.6 Å². The first-order chi connectivity index (χ1) is 13.1. The molecular weight excluding hydrogens is 430 g/mol. The number of nitrogens with zero attached hydrogens (tertiary/aromatic N) is 3. The molecule has 0 N–H and O–H groups in total. The number of anilines is 1. The summed E-state index contributed by atoms with van der Waals surface area (Å²) in [6.07, 6.45) is 0.995. The van der Waals surface area contributed by atoms with Crippen molar-refractivity contribution < 1.29 is 9.59 Å². The van der Waals surface area contributed by atoms with Crippen LogP contribution in [0.1, 0.15) is 18.0 Å². The molecule has 3 atom stereocenters. The lowest BCUT2D eigenvalue weighted by Crippen LogP contribution is -2.44. The summed E-state index contributed by atoms with van der Waals surface area (Å²) in [6.45, 7) is 1.67. The van der Waals surface area contributed by atoms with Crippen molar-refractivity contribution in [2.24, 2.45) is 5.92 Å². The summed E-state index contributed by atoms with van der Waals surface area (Å²) in [7, 11) is 0. The molecule has 0 spiro atoms.